The number of carbonyl (C=O) groups excluding carboxylic acids is 1. The third-order valence-electron chi connectivity index (χ3n) is 3.48. The van der Waals surface area contributed by atoms with Crippen LogP contribution < -0.4 is 4.74 Å². The molecule has 1 fully saturated rings. The molecule has 0 atom stereocenters. The Kier molecular flexibility index (Phi) is 6.41. The lowest BCUT2D eigenvalue weighted by Crippen LogP contribution is -2.17. The molecule has 1 aromatic rings. The van der Waals surface area contributed by atoms with E-state index >= 15 is 0 Å². The van der Waals surface area contributed by atoms with Gasteiger partial charge in [-0.25, -0.2) is 13.6 Å². The lowest BCUT2D eigenvalue weighted by Gasteiger charge is -2.13. The van der Waals surface area contributed by atoms with E-state index in [9.17, 15) is 18.7 Å². The Balaban J connectivity index is 2.63. The first-order valence-electron chi connectivity index (χ1n) is 7.69. The number of carbonyl (C=O) groups is 1. The predicted molar refractivity (Wildman–Crippen MR) is 93.1 cm³/mol. The van der Waals surface area contributed by atoms with E-state index in [1.54, 1.807) is 13.2 Å². The van der Waals surface area contributed by atoms with Crippen molar-refractivity contribution >= 4 is 28.5 Å². The fraction of sp³-hybridized carbons (Fsp3) is 0.412. The SMILES string of the molecule is CCOC(=O)/C(C(=NC1CC1)SC)=C(\O)c1ccc(F)c(OC)c1F. The summed E-state index contributed by atoms with van der Waals surface area (Å²) in [7, 11) is 1.11. The first kappa shape index (κ1) is 19.2. The van der Waals surface area contributed by atoms with Crippen molar-refractivity contribution in [1.29, 1.82) is 0 Å². The van der Waals surface area contributed by atoms with Crippen molar-refractivity contribution in [3.05, 3.63) is 34.9 Å². The molecule has 1 aliphatic carbocycles. The zero-order valence-corrected chi connectivity index (χ0v) is 15.0. The van der Waals surface area contributed by atoms with E-state index in [1.165, 1.54) is 0 Å². The van der Waals surface area contributed by atoms with Crippen LogP contribution in [0.4, 0.5) is 8.78 Å². The monoisotopic (exact) mass is 371 g/mol. The van der Waals surface area contributed by atoms with E-state index in [1.807, 2.05) is 0 Å². The van der Waals surface area contributed by atoms with Gasteiger partial charge in [0.2, 0.25) is 0 Å². The largest absolute Gasteiger partial charge is 0.506 e. The lowest BCUT2D eigenvalue weighted by molar-refractivity contribution is -0.137. The van der Waals surface area contributed by atoms with Gasteiger partial charge in [0, 0.05) is 0 Å². The summed E-state index contributed by atoms with van der Waals surface area (Å²) in [5.74, 6) is -4.14. The average Bonchev–Trinajstić information content (AvgIpc) is 3.38. The number of methoxy groups -OCH3 is 1. The van der Waals surface area contributed by atoms with Crippen molar-refractivity contribution in [3.63, 3.8) is 0 Å². The van der Waals surface area contributed by atoms with Gasteiger partial charge in [-0.2, -0.15) is 0 Å². The van der Waals surface area contributed by atoms with Gasteiger partial charge in [0.1, 0.15) is 16.4 Å². The van der Waals surface area contributed by atoms with Crippen LogP contribution in [0, 0.1) is 11.6 Å². The van der Waals surface area contributed by atoms with Gasteiger partial charge in [-0.15, -0.1) is 11.8 Å². The van der Waals surface area contributed by atoms with Crippen molar-refractivity contribution in [2.24, 2.45) is 4.99 Å². The molecule has 0 aliphatic heterocycles. The molecule has 1 aromatic carbocycles. The van der Waals surface area contributed by atoms with Gasteiger partial charge in [0.15, 0.2) is 17.4 Å². The minimum absolute atomic E-state index is 0.0762. The van der Waals surface area contributed by atoms with Crippen LogP contribution in [0.1, 0.15) is 25.3 Å². The highest BCUT2D eigenvalue weighted by molar-refractivity contribution is 8.14. The average molecular weight is 371 g/mol. The Hall–Kier alpha value is -2.09. The first-order chi connectivity index (χ1) is 11.9. The Morgan fingerprint density at radius 2 is 2.08 bits per heavy atom. The van der Waals surface area contributed by atoms with Crippen LogP contribution in [-0.4, -0.2) is 42.1 Å². The fourth-order valence-corrected chi connectivity index (χ4v) is 2.75. The Morgan fingerprint density at radius 3 is 2.60 bits per heavy atom. The number of nitrogens with zero attached hydrogens (tertiary/aromatic N) is 1. The number of benzene rings is 1. The maximum absolute atomic E-state index is 14.5. The van der Waals surface area contributed by atoms with Gasteiger partial charge >= 0.3 is 5.97 Å². The molecule has 136 valence electrons. The van der Waals surface area contributed by atoms with Crippen molar-refractivity contribution in [2.75, 3.05) is 20.0 Å². The lowest BCUT2D eigenvalue weighted by atomic mass is 10.1. The van der Waals surface area contributed by atoms with Gasteiger partial charge < -0.3 is 14.6 Å². The van der Waals surface area contributed by atoms with Gasteiger partial charge in [-0.3, -0.25) is 4.99 Å². The van der Waals surface area contributed by atoms with E-state index in [0.717, 1.165) is 43.8 Å². The first-order valence-corrected chi connectivity index (χ1v) is 8.91. The minimum atomic E-state index is -1.10. The number of hydrogen-bond acceptors (Lipinski definition) is 6. The van der Waals surface area contributed by atoms with Crippen LogP contribution in [0.25, 0.3) is 5.76 Å². The van der Waals surface area contributed by atoms with Crippen molar-refractivity contribution in [3.8, 4) is 5.75 Å². The quantitative estimate of drug-likeness (QED) is 0.271. The maximum Gasteiger partial charge on any atom is 0.344 e. The molecule has 0 saturated heterocycles. The highest BCUT2D eigenvalue weighted by Gasteiger charge is 2.29. The highest BCUT2D eigenvalue weighted by atomic mass is 32.2. The fourth-order valence-electron chi connectivity index (χ4n) is 2.11. The molecule has 25 heavy (non-hydrogen) atoms. The summed E-state index contributed by atoms with van der Waals surface area (Å²) in [5, 5.41) is 10.8. The summed E-state index contributed by atoms with van der Waals surface area (Å²) in [6.07, 6.45) is 3.47. The van der Waals surface area contributed by atoms with Gasteiger partial charge in [-0.05, 0) is 38.2 Å². The summed E-state index contributed by atoms with van der Waals surface area (Å²) >= 11 is 1.15. The summed E-state index contributed by atoms with van der Waals surface area (Å²) in [5.41, 5.74) is -0.604. The molecule has 0 radical (unpaired) electrons. The van der Waals surface area contributed by atoms with Gasteiger partial charge in [0.25, 0.3) is 0 Å². The zero-order chi connectivity index (χ0) is 18.6. The number of aliphatic imine (C=N–C) groups is 1. The Labute approximate surface area is 148 Å². The van der Waals surface area contributed by atoms with Crippen molar-refractivity contribution in [1.82, 2.24) is 0 Å². The Bertz CT molecular complexity index is 730. The van der Waals surface area contributed by atoms with Crippen molar-refractivity contribution in [2.45, 2.75) is 25.8 Å². The number of rotatable bonds is 6. The molecule has 2 rings (SSSR count). The summed E-state index contributed by atoms with van der Waals surface area (Å²) in [6.45, 7) is 1.70. The standard InChI is InChI=1S/C17H19F2NO4S/c1-4-24-17(22)12(16(25-3)20-9-5-6-9)14(21)10-7-8-11(18)15(23-2)13(10)19/h7-9,21H,4-6H2,1-3H3/b14-12-,20-16?. The molecule has 0 aromatic heterocycles. The van der Waals surface area contributed by atoms with Crippen molar-refractivity contribution < 1.29 is 28.2 Å². The number of hydrogen-bond donors (Lipinski definition) is 1. The number of esters is 1. The third kappa shape index (κ3) is 4.31. The second kappa shape index (κ2) is 8.33. The third-order valence-corrected chi connectivity index (χ3v) is 4.17. The zero-order valence-electron chi connectivity index (χ0n) is 14.1. The van der Waals surface area contributed by atoms with Crippen LogP contribution in [-0.2, 0) is 9.53 Å². The summed E-state index contributed by atoms with van der Waals surface area (Å²) in [6, 6.07) is 2.07. The molecule has 0 bridgehead atoms. The summed E-state index contributed by atoms with van der Waals surface area (Å²) < 4.78 is 37.7. The molecule has 1 aliphatic rings. The topological polar surface area (TPSA) is 68.1 Å². The molecule has 1 N–H and O–H groups in total. The van der Waals surface area contributed by atoms with Crippen LogP contribution in [0.15, 0.2) is 22.7 Å². The highest BCUT2D eigenvalue weighted by Crippen LogP contribution is 2.32. The number of aliphatic hydroxyl groups is 1. The molecule has 0 amide bonds. The molecular weight excluding hydrogens is 352 g/mol. The van der Waals surface area contributed by atoms with Crippen LogP contribution >= 0.6 is 11.8 Å². The number of ether oxygens (including phenoxy) is 2. The van der Waals surface area contributed by atoms with Crippen LogP contribution in [0.3, 0.4) is 0 Å². The number of halogens is 2. The van der Waals surface area contributed by atoms with Gasteiger partial charge in [0.05, 0.1) is 25.3 Å². The molecule has 0 spiro atoms. The number of aliphatic hydroxyl groups excluding tert-OH is 1. The van der Waals surface area contributed by atoms with E-state index in [4.69, 9.17) is 4.74 Å². The predicted octanol–water partition coefficient (Wildman–Crippen LogP) is 3.73. The molecule has 5 nitrogen and oxygen atoms in total. The molecule has 8 heteroatoms. The maximum atomic E-state index is 14.5. The second-order valence-electron chi connectivity index (χ2n) is 5.26. The molecule has 0 unspecified atom stereocenters. The Morgan fingerprint density at radius 1 is 1.40 bits per heavy atom. The molecular formula is C17H19F2NO4S. The van der Waals surface area contributed by atoms with E-state index in [2.05, 4.69) is 9.73 Å². The van der Waals surface area contributed by atoms with Crippen LogP contribution in [0.5, 0.6) is 5.75 Å². The smallest absolute Gasteiger partial charge is 0.344 e. The number of thioether (sulfide) groups is 1. The molecule has 1 saturated carbocycles. The van der Waals surface area contributed by atoms with E-state index < -0.39 is 29.1 Å². The normalized spacial score (nSPS) is 15.6. The van der Waals surface area contributed by atoms with Crippen LogP contribution in [0.2, 0.25) is 0 Å². The second-order valence-corrected chi connectivity index (χ2v) is 6.05. The summed E-state index contributed by atoms with van der Waals surface area (Å²) in [4.78, 5) is 16.7. The van der Waals surface area contributed by atoms with E-state index in [-0.39, 0.29) is 28.8 Å². The minimum Gasteiger partial charge on any atom is -0.506 e. The molecule has 0 heterocycles. The van der Waals surface area contributed by atoms with Gasteiger partial charge in [-0.1, -0.05) is 0 Å². The van der Waals surface area contributed by atoms with E-state index in [0.29, 0.717) is 0 Å².